The summed E-state index contributed by atoms with van der Waals surface area (Å²) in [5.74, 6) is 1.48. The molecule has 1 atom stereocenters. The van der Waals surface area contributed by atoms with E-state index in [1.54, 1.807) is 14.2 Å². The molecular weight excluding hydrogens is 318 g/mol. The summed E-state index contributed by atoms with van der Waals surface area (Å²) >= 11 is 0. The number of benzene rings is 2. The van der Waals surface area contributed by atoms with Gasteiger partial charge in [0.1, 0.15) is 0 Å². The van der Waals surface area contributed by atoms with Gasteiger partial charge in [-0.3, -0.25) is 4.79 Å². The fraction of sp³-hybridized carbons (Fsp3) is 0.350. The van der Waals surface area contributed by atoms with Gasteiger partial charge in [0, 0.05) is 11.7 Å². The van der Waals surface area contributed by atoms with Crippen LogP contribution in [0.5, 0.6) is 17.2 Å². The Bertz CT molecular complexity index is 762. The molecule has 2 aromatic rings. The lowest BCUT2D eigenvalue weighted by atomic mass is 10.1. The Morgan fingerprint density at radius 2 is 1.80 bits per heavy atom. The average molecular weight is 341 g/mol. The van der Waals surface area contributed by atoms with E-state index in [2.05, 4.69) is 6.07 Å². The van der Waals surface area contributed by atoms with Gasteiger partial charge in [0.25, 0.3) is 5.91 Å². The summed E-state index contributed by atoms with van der Waals surface area (Å²) in [4.78, 5) is 14.6. The molecule has 132 valence electrons. The van der Waals surface area contributed by atoms with Gasteiger partial charge in [0.15, 0.2) is 18.1 Å². The third-order valence-corrected chi connectivity index (χ3v) is 4.42. The van der Waals surface area contributed by atoms with Crippen molar-refractivity contribution in [2.45, 2.75) is 26.3 Å². The molecule has 5 nitrogen and oxygen atoms in total. The maximum atomic E-state index is 12.8. The summed E-state index contributed by atoms with van der Waals surface area (Å²) in [7, 11) is 3.14. The molecule has 0 aliphatic carbocycles. The van der Waals surface area contributed by atoms with E-state index in [1.807, 2.05) is 49.1 Å². The highest BCUT2D eigenvalue weighted by Crippen LogP contribution is 2.39. The van der Waals surface area contributed by atoms with Gasteiger partial charge >= 0.3 is 0 Å². The normalized spacial score (nSPS) is 15.7. The van der Waals surface area contributed by atoms with E-state index in [9.17, 15) is 4.79 Å². The number of amides is 1. The Balaban J connectivity index is 1.80. The third-order valence-electron chi connectivity index (χ3n) is 4.42. The molecule has 2 aromatic carbocycles. The Labute approximate surface area is 148 Å². The molecule has 1 heterocycles. The van der Waals surface area contributed by atoms with Crippen molar-refractivity contribution in [3.8, 4) is 17.2 Å². The van der Waals surface area contributed by atoms with Crippen LogP contribution < -0.4 is 19.1 Å². The van der Waals surface area contributed by atoms with Gasteiger partial charge in [-0.05, 0) is 49.6 Å². The molecule has 1 aliphatic heterocycles. The number of hydrogen-bond acceptors (Lipinski definition) is 4. The lowest BCUT2D eigenvalue weighted by molar-refractivity contribution is -0.120. The fourth-order valence-corrected chi connectivity index (χ4v) is 3.30. The van der Waals surface area contributed by atoms with E-state index in [1.165, 1.54) is 5.56 Å². The molecule has 0 aromatic heterocycles. The largest absolute Gasteiger partial charge is 0.493 e. The van der Waals surface area contributed by atoms with Crippen LogP contribution in [0.4, 0.5) is 5.69 Å². The molecule has 3 rings (SSSR count). The second-order valence-electron chi connectivity index (χ2n) is 6.23. The number of hydrogen-bond donors (Lipinski definition) is 0. The monoisotopic (exact) mass is 341 g/mol. The van der Waals surface area contributed by atoms with Gasteiger partial charge in [-0.25, -0.2) is 0 Å². The molecular formula is C20H23NO4. The van der Waals surface area contributed by atoms with Crippen LogP contribution in [0.1, 0.15) is 18.1 Å². The van der Waals surface area contributed by atoms with Gasteiger partial charge in [-0.15, -0.1) is 0 Å². The number of aryl methyl sites for hydroxylation is 1. The minimum Gasteiger partial charge on any atom is -0.493 e. The number of rotatable bonds is 5. The molecule has 1 amide bonds. The maximum absolute atomic E-state index is 12.8. The van der Waals surface area contributed by atoms with Gasteiger partial charge < -0.3 is 19.1 Å². The molecule has 0 radical (unpaired) electrons. The van der Waals surface area contributed by atoms with Gasteiger partial charge in [-0.2, -0.15) is 0 Å². The molecule has 0 saturated carbocycles. The number of carbonyl (C=O) groups is 1. The minimum atomic E-state index is -0.0814. The molecule has 0 bridgehead atoms. The zero-order valence-electron chi connectivity index (χ0n) is 15.0. The predicted molar refractivity (Wildman–Crippen MR) is 96.9 cm³/mol. The number of nitrogens with zero attached hydrogens (tertiary/aromatic N) is 1. The van der Waals surface area contributed by atoms with Crippen molar-refractivity contribution in [1.29, 1.82) is 0 Å². The summed E-state index contributed by atoms with van der Waals surface area (Å²) in [6.45, 7) is 3.92. The zero-order valence-corrected chi connectivity index (χ0v) is 15.0. The summed E-state index contributed by atoms with van der Waals surface area (Å²) in [6, 6.07) is 11.8. The topological polar surface area (TPSA) is 48.0 Å². The average Bonchev–Trinajstić information content (AvgIpc) is 2.95. The van der Waals surface area contributed by atoms with Gasteiger partial charge in [0.2, 0.25) is 5.75 Å². The van der Waals surface area contributed by atoms with E-state index >= 15 is 0 Å². The second kappa shape index (κ2) is 7.05. The Hall–Kier alpha value is -2.69. The Kier molecular flexibility index (Phi) is 4.83. The first-order valence-corrected chi connectivity index (χ1v) is 8.30. The quantitative estimate of drug-likeness (QED) is 0.837. The van der Waals surface area contributed by atoms with Crippen molar-refractivity contribution in [3.63, 3.8) is 0 Å². The van der Waals surface area contributed by atoms with Crippen LogP contribution in [0.3, 0.4) is 0 Å². The standard InChI is InChI=1S/C20H23NO4/c1-13-9-17(23-3)20(18(10-13)24-4)25-12-19(22)21-14(2)11-15-7-5-6-8-16(15)21/h5-10,14H,11-12H2,1-4H3/t14-/m0/s1. The predicted octanol–water partition coefficient (Wildman–Crippen LogP) is 3.37. The van der Waals surface area contributed by atoms with Crippen molar-refractivity contribution in [2.75, 3.05) is 25.7 Å². The molecule has 0 fully saturated rings. The number of carbonyl (C=O) groups excluding carboxylic acids is 1. The first-order valence-electron chi connectivity index (χ1n) is 8.30. The van der Waals surface area contributed by atoms with Crippen molar-refractivity contribution in [2.24, 2.45) is 0 Å². The summed E-state index contributed by atoms with van der Waals surface area (Å²) < 4.78 is 16.5. The minimum absolute atomic E-state index is 0.0749. The van der Waals surface area contributed by atoms with Crippen LogP contribution in [0, 0.1) is 6.92 Å². The highest BCUT2D eigenvalue weighted by Gasteiger charge is 2.31. The molecule has 25 heavy (non-hydrogen) atoms. The Morgan fingerprint density at radius 1 is 1.16 bits per heavy atom. The van der Waals surface area contributed by atoms with Crippen LogP contribution in [0.15, 0.2) is 36.4 Å². The van der Waals surface area contributed by atoms with E-state index < -0.39 is 0 Å². The molecule has 0 spiro atoms. The lowest BCUT2D eigenvalue weighted by Gasteiger charge is -2.23. The van der Waals surface area contributed by atoms with Crippen LogP contribution >= 0.6 is 0 Å². The second-order valence-corrected chi connectivity index (χ2v) is 6.23. The van der Waals surface area contributed by atoms with Crippen LogP contribution in [0.2, 0.25) is 0 Å². The number of ether oxygens (including phenoxy) is 3. The van der Waals surface area contributed by atoms with Crippen LogP contribution in [0.25, 0.3) is 0 Å². The van der Waals surface area contributed by atoms with Gasteiger partial charge in [-0.1, -0.05) is 18.2 Å². The van der Waals surface area contributed by atoms with Gasteiger partial charge in [0.05, 0.1) is 14.2 Å². The maximum Gasteiger partial charge on any atom is 0.265 e. The first-order chi connectivity index (χ1) is 12.0. The summed E-state index contributed by atoms with van der Waals surface area (Å²) in [6.07, 6.45) is 0.860. The number of para-hydroxylation sites is 1. The van der Waals surface area contributed by atoms with Crippen molar-refractivity contribution in [1.82, 2.24) is 0 Å². The SMILES string of the molecule is COc1cc(C)cc(OC)c1OCC(=O)N1c2ccccc2C[C@@H]1C. The molecule has 0 unspecified atom stereocenters. The van der Waals surface area contributed by atoms with Crippen LogP contribution in [-0.4, -0.2) is 32.8 Å². The van der Waals surface area contributed by atoms with E-state index in [0.717, 1.165) is 17.7 Å². The molecule has 0 saturated heterocycles. The van der Waals surface area contributed by atoms with E-state index in [-0.39, 0.29) is 18.6 Å². The van der Waals surface area contributed by atoms with Crippen molar-refractivity contribution in [3.05, 3.63) is 47.5 Å². The van der Waals surface area contributed by atoms with Crippen LogP contribution in [-0.2, 0) is 11.2 Å². The fourth-order valence-electron chi connectivity index (χ4n) is 3.30. The Morgan fingerprint density at radius 3 is 2.44 bits per heavy atom. The van der Waals surface area contributed by atoms with Crippen molar-refractivity contribution < 1.29 is 19.0 Å². The summed E-state index contributed by atoms with van der Waals surface area (Å²) in [5.41, 5.74) is 3.15. The van der Waals surface area contributed by atoms with E-state index in [4.69, 9.17) is 14.2 Å². The molecule has 5 heteroatoms. The molecule has 0 N–H and O–H groups in total. The zero-order chi connectivity index (χ0) is 18.0. The highest BCUT2D eigenvalue weighted by molar-refractivity contribution is 5.97. The third kappa shape index (κ3) is 3.27. The number of methoxy groups -OCH3 is 2. The molecule has 1 aliphatic rings. The van der Waals surface area contributed by atoms with E-state index in [0.29, 0.717) is 17.2 Å². The van der Waals surface area contributed by atoms with Crippen molar-refractivity contribution >= 4 is 11.6 Å². The smallest absolute Gasteiger partial charge is 0.265 e. The number of anilines is 1. The lowest BCUT2D eigenvalue weighted by Crippen LogP contribution is -2.39. The number of fused-ring (bicyclic) bond motifs is 1. The highest BCUT2D eigenvalue weighted by atomic mass is 16.5. The summed E-state index contributed by atoms with van der Waals surface area (Å²) in [5, 5.41) is 0. The first kappa shape index (κ1) is 17.1.